The van der Waals surface area contributed by atoms with E-state index in [1.807, 2.05) is 36.4 Å². The van der Waals surface area contributed by atoms with Crippen LogP contribution in [-0.4, -0.2) is 18.5 Å². The average molecular weight is 381 g/mol. The number of nitrogens with one attached hydrogen (secondary N) is 1. The third-order valence-electron chi connectivity index (χ3n) is 4.34. The number of esters is 1. The van der Waals surface area contributed by atoms with Gasteiger partial charge in [-0.15, -0.1) is 11.3 Å². The standard InChI is InChI=1S/C22H23NO3S/c1-4-26-22(25)20-17-7-5-6-8-18(17)27-21(20)23-19(24)13-15-9-11-16(12-10-15)14(2)3/h5-12,14H,4,13H2,1-3H3,(H,23,24). The molecule has 3 aromatic rings. The van der Waals surface area contributed by atoms with Gasteiger partial charge < -0.3 is 10.1 Å². The number of thiophene rings is 1. The Balaban J connectivity index is 1.82. The maximum Gasteiger partial charge on any atom is 0.341 e. The van der Waals surface area contributed by atoms with Crippen molar-refractivity contribution in [3.8, 4) is 0 Å². The van der Waals surface area contributed by atoms with Crippen LogP contribution in [-0.2, 0) is 16.0 Å². The Morgan fingerprint density at radius 1 is 1.07 bits per heavy atom. The summed E-state index contributed by atoms with van der Waals surface area (Å²) in [5.74, 6) is -0.102. The van der Waals surface area contributed by atoms with Crippen molar-refractivity contribution in [3.63, 3.8) is 0 Å². The predicted octanol–water partition coefficient (Wildman–Crippen LogP) is 5.38. The predicted molar refractivity (Wildman–Crippen MR) is 111 cm³/mol. The number of fused-ring (bicyclic) bond motifs is 1. The molecule has 27 heavy (non-hydrogen) atoms. The molecule has 0 aliphatic carbocycles. The van der Waals surface area contributed by atoms with Crippen LogP contribution in [0, 0.1) is 0 Å². The van der Waals surface area contributed by atoms with Crippen LogP contribution < -0.4 is 5.32 Å². The molecule has 1 heterocycles. The number of hydrogen-bond acceptors (Lipinski definition) is 4. The fourth-order valence-corrected chi connectivity index (χ4v) is 4.02. The first-order valence-corrected chi connectivity index (χ1v) is 9.88. The minimum Gasteiger partial charge on any atom is -0.462 e. The summed E-state index contributed by atoms with van der Waals surface area (Å²) in [6.45, 7) is 6.34. The van der Waals surface area contributed by atoms with Crippen molar-refractivity contribution >= 4 is 38.3 Å². The Hall–Kier alpha value is -2.66. The summed E-state index contributed by atoms with van der Waals surface area (Å²) in [5, 5.41) is 4.25. The van der Waals surface area contributed by atoms with Crippen molar-refractivity contribution in [2.75, 3.05) is 11.9 Å². The number of benzene rings is 2. The molecule has 1 amide bonds. The van der Waals surface area contributed by atoms with E-state index in [0.29, 0.717) is 23.1 Å². The van der Waals surface area contributed by atoms with Gasteiger partial charge in [0.25, 0.3) is 0 Å². The summed E-state index contributed by atoms with van der Waals surface area (Å²) < 4.78 is 6.13. The average Bonchev–Trinajstić information content (AvgIpc) is 3.00. The molecule has 5 heteroatoms. The molecule has 0 spiro atoms. The highest BCUT2D eigenvalue weighted by molar-refractivity contribution is 7.23. The van der Waals surface area contributed by atoms with E-state index >= 15 is 0 Å². The van der Waals surface area contributed by atoms with E-state index in [4.69, 9.17) is 4.74 Å². The zero-order valence-corrected chi connectivity index (χ0v) is 16.6. The van der Waals surface area contributed by atoms with Crippen LogP contribution in [0.4, 0.5) is 5.00 Å². The number of hydrogen-bond donors (Lipinski definition) is 1. The summed E-state index contributed by atoms with van der Waals surface area (Å²) in [7, 11) is 0. The second kappa shape index (κ2) is 8.35. The quantitative estimate of drug-likeness (QED) is 0.583. The zero-order valence-electron chi connectivity index (χ0n) is 15.7. The molecule has 140 valence electrons. The van der Waals surface area contributed by atoms with Gasteiger partial charge >= 0.3 is 5.97 Å². The lowest BCUT2D eigenvalue weighted by Crippen LogP contribution is -2.16. The number of ether oxygens (including phenoxy) is 1. The second-order valence-electron chi connectivity index (χ2n) is 6.64. The Labute approximate surface area is 163 Å². The molecule has 2 aromatic carbocycles. The van der Waals surface area contributed by atoms with E-state index in [2.05, 4.69) is 31.3 Å². The van der Waals surface area contributed by atoms with Crippen molar-refractivity contribution in [2.24, 2.45) is 0 Å². The van der Waals surface area contributed by atoms with Gasteiger partial charge in [-0.25, -0.2) is 4.79 Å². The molecule has 4 nitrogen and oxygen atoms in total. The molecule has 3 rings (SSSR count). The van der Waals surface area contributed by atoms with Gasteiger partial charge in [-0.2, -0.15) is 0 Å². The fourth-order valence-electron chi connectivity index (χ4n) is 2.92. The van der Waals surface area contributed by atoms with E-state index in [9.17, 15) is 9.59 Å². The summed E-state index contributed by atoms with van der Waals surface area (Å²) in [6, 6.07) is 15.7. The van der Waals surface area contributed by atoms with Crippen LogP contribution in [0.2, 0.25) is 0 Å². The highest BCUT2D eigenvalue weighted by Gasteiger charge is 2.21. The minimum absolute atomic E-state index is 0.149. The zero-order chi connectivity index (χ0) is 19.4. The second-order valence-corrected chi connectivity index (χ2v) is 7.70. The third-order valence-corrected chi connectivity index (χ3v) is 5.43. The first-order valence-electron chi connectivity index (χ1n) is 9.07. The molecule has 1 aromatic heterocycles. The topological polar surface area (TPSA) is 55.4 Å². The van der Waals surface area contributed by atoms with Gasteiger partial charge in [0.05, 0.1) is 13.0 Å². The highest BCUT2D eigenvalue weighted by Crippen LogP contribution is 2.36. The Kier molecular flexibility index (Phi) is 5.91. The maximum atomic E-state index is 12.6. The number of carbonyl (C=O) groups excluding carboxylic acids is 2. The summed E-state index contributed by atoms with van der Waals surface area (Å²) >= 11 is 1.39. The first-order chi connectivity index (χ1) is 13.0. The maximum absolute atomic E-state index is 12.6. The van der Waals surface area contributed by atoms with Crippen LogP contribution in [0.1, 0.15) is 48.2 Å². The Bertz CT molecular complexity index is 957. The summed E-state index contributed by atoms with van der Waals surface area (Å²) in [4.78, 5) is 25.0. The number of anilines is 1. The Morgan fingerprint density at radius 3 is 2.44 bits per heavy atom. The monoisotopic (exact) mass is 381 g/mol. The molecule has 0 saturated carbocycles. The van der Waals surface area contributed by atoms with E-state index in [0.717, 1.165) is 15.6 Å². The van der Waals surface area contributed by atoms with Gasteiger partial charge in [-0.1, -0.05) is 56.3 Å². The fraction of sp³-hybridized carbons (Fsp3) is 0.273. The molecule has 1 N–H and O–H groups in total. The molecular weight excluding hydrogens is 358 g/mol. The number of amides is 1. The molecule has 0 bridgehead atoms. The SMILES string of the molecule is CCOC(=O)c1c(NC(=O)Cc2ccc(C(C)C)cc2)sc2ccccc12. The van der Waals surface area contributed by atoms with Crippen molar-refractivity contribution in [1.82, 2.24) is 0 Å². The van der Waals surface area contributed by atoms with Gasteiger partial charge in [-0.05, 0) is 30.0 Å². The molecule has 0 aliphatic heterocycles. The molecule has 0 radical (unpaired) electrons. The molecule has 0 atom stereocenters. The molecule has 0 saturated heterocycles. The van der Waals surface area contributed by atoms with Gasteiger partial charge in [0.1, 0.15) is 10.6 Å². The molecule has 0 fully saturated rings. The summed E-state index contributed by atoms with van der Waals surface area (Å²) in [5.41, 5.74) is 2.62. The number of rotatable bonds is 6. The molecule has 0 aliphatic rings. The minimum atomic E-state index is -0.411. The highest BCUT2D eigenvalue weighted by atomic mass is 32.1. The van der Waals surface area contributed by atoms with Crippen molar-refractivity contribution in [1.29, 1.82) is 0 Å². The summed E-state index contributed by atoms with van der Waals surface area (Å²) in [6.07, 6.45) is 0.259. The van der Waals surface area contributed by atoms with Gasteiger partial charge in [0.15, 0.2) is 0 Å². The van der Waals surface area contributed by atoms with Crippen molar-refractivity contribution < 1.29 is 14.3 Å². The van der Waals surface area contributed by atoms with Crippen LogP contribution >= 0.6 is 11.3 Å². The van der Waals surface area contributed by atoms with E-state index in [-0.39, 0.29) is 12.3 Å². The number of carbonyl (C=O) groups is 2. The van der Waals surface area contributed by atoms with Gasteiger partial charge in [0.2, 0.25) is 5.91 Å². The van der Waals surface area contributed by atoms with Gasteiger partial charge in [-0.3, -0.25) is 4.79 Å². The largest absolute Gasteiger partial charge is 0.462 e. The van der Waals surface area contributed by atoms with E-state index in [1.165, 1.54) is 16.9 Å². The van der Waals surface area contributed by atoms with Crippen LogP contribution in [0.25, 0.3) is 10.1 Å². The first kappa shape index (κ1) is 19.1. The lowest BCUT2D eigenvalue weighted by atomic mass is 10.0. The van der Waals surface area contributed by atoms with Crippen molar-refractivity contribution in [2.45, 2.75) is 33.1 Å². The van der Waals surface area contributed by atoms with Gasteiger partial charge in [0, 0.05) is 10.1 Å². The third kappa shape index (κ3) is 4.37. The van der Waals surface area contributed by atoms with E-state index < -0.39 is 5.97 Å². The smallest absolute Gasteiger partial charge is 0.341 e. The lowest BCUT2D eigenvalue weighted by molar-refractivity contribution is -0.115. The van der Waals surface area contributed by atoms with Crippen molar-refractivity contribution in [3.05, 3.63) is 65.2 Å². The molecule has 0 unspecified atom stereocenters. The lowest BCUT2D eigenvalue weighted by Gasteiger charge is -2.08. The molecular formula is C22H23NO3S. The van der Waals surface area contributed by atoms with E-state index in [1.54, 1.807) is 6.92 Å². The normalized spacial score (nSPS) is 11.0. The van der Waals surface area contributed by atoms with Crippen LogP contribution in [0.5, 0.6) is 0 Å². The van der Waals surface area contributed by atoms with Crippen LogP contribution in [0.3, 0.4) is 0 Å². The Morgan fingerprint density at radius 2 is 1.78 bits per heavy atom. The van der Waals surface area contributed by atoms with Crippen LogP contribution in [0.15, 0.2) is 48.5 Å².